The van der Waals surface area contributed by atoms with Crippen LogP contribution in [0.2, 0.25) is 0 Å². The normalized spacial score (nSPS) is 25.7. The number of piperidine rings is 2. The molecule has 3 saturated heterocycles. The highest BCUT2D eigenvalue weighted by Gasteiger charge is 2.35. The zero-order valence-electron chi connectivity index (χ0n) is 15.1. The zero-order chi connectivity index (χ0) is 17.6. The lowest BCUT2D eigenvalue weighted by Crippen LogP contribution is -2.55. The molecule has 0 spiro atoms. The first-order valence-electron chi connectivity index (χ1n) is 9.82. The van der Waals surface area contributed by atoms with Crippen LogP contribution in [0.1, 0.15) is 32.1 Å². The van der Waals surface area contributed by atoms with Crippen molar-refractivity contribution in [3.05, 3.63) is 0 Å². The van der Waals surface area contributed by atoms with Gasteiger partial charge in [-0.2, -0.15) is 0 Å². The molecule has 3 N–H and O–H groups in total. The van der Waals surface area contributed by atoms with Gasteiger partial charge in [-0.25, -0.2) is 0 Å². The first-order chi connectivity index (χ1) is 12.1. The Morgan fingerprint density at radius 3 is 2.04 bits per heavy atom. The van der Waals surface area contributed by atoms with Crippen molar-refractivity contribution < 1.29 is 14.7 Å². The third-order valence-corrected chi connectivity index (χ3v) is 6.07. The van der Waals surface area contributed by atoms with Crippen molar-refractivity contribution in [3.8, 4) is 0 Å². The molecule has 0 saturated carbocycles. The van der Waals surface area contributed by atoms with Crippen LogP contribution in [-0.4, -0.2) is 85.2 Å². The molecule has 0 aromatic heterocycles. The van der Waals surface area contributed by atoms with Gasteiger partial charge in [0.05, 0.1) is 0 Å². The summed E-state index contributed by atoms with van der Waals surface area (Å²) in [4.78, 5) is 28.8. The number of carboxylic acid groups (broad SMARTS) is 1. The maximum atomic E-state index is 12.8. The molecule has 7 nitrogen and oxygen atoms in total. The van der Waals surface area contributed by atoms with E-state index >= 15 is 0 Å². The third kappa shape index (κ3) is 4.92. The number of amides is 1. The SMILES string of the molecule is O=C(O)C(CC1CCNCC1)C(=O)N1CCN(C2CCNCC2)CC1. The molecule has 3 aliphatic heterocycles. The van der Waals surface area contributed by atoms with Crippen LogP contribution >= 0.6 is 0 Å². The summed E-state index contributed by atoms with van der Waals surface area (Å²) in [6, 6.07) is 0.614. The second-order valence-electron chi connectivity index (χ2n) is 7.66. The number of nitrogens with zero attached hydrogens (tertiary/aromatic N) is 2. The van der Waals surface area contributed by atoms with Crippen LogP contribution in [0.5, 0.6) is 0 Å². The lowest BCUT2D eigenvalue weighted by atomic mass is 9.87. The fourth-order valence-corrected chi connectivity index (χ4v) is 4.46. The molecule has 3 fully saturated rings. The quantitative estimate of drug-likeness (QED) is 0.603. The Balaban J connectivity index is 1.51. The highest BCUT2D eigenvalue weighted by molar-refractivity contribution is 5.97. The molecule has 142 valence electrons. The van der Waals surface area contributed by atoms with Gasteiger partial charge in [0.15, 0.2) is 0 Å². The molecule has 0 aromatic carbocycles. The molecule has 0 aromatic rings. The van der Waals surface area contributed by atoms with E-state index in [4.69, 9.17) is 0 Å². The van der Waals surface area contributed by atoms with Gasteiger partial charge < -0.3 is 20.6 Å². The fourth-order valence-electron chi connectivity index (χ4n) is 4.46. The van der Waals surface area contributed by atoms with Gasteiger partial charge in [0.25, 0.3) is 0 Å². The maximum absolute atomic E-state index is 12.8. The number of aliphatic carboxylic acids is 1. The van der Waals surface area contributed by atoms with Crippen LogP contribution in [0.3, 0.4) is 0 Å². The molecule has 0 aliphatic carbocycles. The summed E-state index contributed by atoms with van der Waals surface area (Å²) < 4.78 is 0. The summed E-state index contributed by atoms with van der Waals surface area (Å²) in [6.07, 6.45) is 4.77. The van der Waals surface area contributed by atoms with Crippen LogP contribution in [0, 0.1) is 11.8 Å². The molecule has 25 heavy (non-hydrogen) atoms. The van der Waals surface area contributed by atoms with Crippen molar-refractivity contribution in [2.24, 2.45) is 11.8 Å². The number of nitrogens with one attached hydrogen (secondary N) is 2. The van der Waals surface area contributed by atoms with E-state index in [0.717, 1.165) is 52.1 Å². The molecule has 0 bridgehead atoms. The topological polar surface area (TPSA) is 84.9 Å². The van der Waals surface area contributed by atoms with Crippen molar-refractivity contribution in [2.45, 2.75) is 38.1 Å². The lowest BCUT2D eigenvalue weighted by molar-refractivity contribution is -0.153. The number of piperazine rings is 1. The second kappa shape index (κ2) is 8.96. The molecular formula is C18H32N4O3. The van der Waals surface area contributed by atoms with Crippen LogP contribution in [0.25, 0.3) is 0 Å². The number of hydrogen-bond donors (Lipinski definition) is 3. The third-order valence-electron chi connectivity index (χ3n) is 6.07. The van der Waals surface area contributed by atoms with E-state index in [1.807, 2.05) is 0 Å². The first-order valence-corrected chi connectivity index (χ1v) is 9.82. The second-order valence-corrected chi connectivity index (χ2v) is 7.66. The van der Waals surface area contributed by atoms with E-state index in [9.17, 15) is 14.7 Å². The van der Waals surface area contributed by atoms with Crippen molar-refractivity contribution in [3.63, 3.8) is 0 Å². The van der Waals surface area contributed by atoms with Gasteiger partial charge in [0.2, 0.25) is 5.91 Å². The van der Waals surface area contributed by atoms with Crippen molar-refractivity contribution in [1.29, 1.82) is 0 Å². The van der Waals surface area contributed by atoms with Gasteiger partial charge in [-0.3, -0.25) is 14.5 Å². The summed E-state index contributed by atoms with van der Waals surface area (Å²) in [5.74, 6) is -1.64. The van der Waals surface area contributed by atoms with Gasteiger partial charge in [0.1, 0.15) is 5.92 Å². The van der Waals surface area contributed by atoms with Gasteiger partial charge >= 0.3 is 5.97 Å². The summed E-state index contributed by atoms with van der Waals surface area (Å²) >= 11 is 0. The number of rotatable bonds is 5. The Kier molecular flexibility index (Phi) is 6.67. The lowest BCUT2D eigenvalue weighted by Gasteiger charge is -2.41. The van der Waals surface area contributed by atoms with Crippen LogP contribution < -0.4 is 10.6 Å². The Bertz CT molecular complexity index is 453. The minimum absolute atomic E-state index is 0.170. The molecule has 7 heteroatoms. The van der Waals surface area contributed by atoms with E-state index in [2.05, 4.69) is 15.5 Å². The maximum Gasteiger partial charge on any atom is 0.316 e. The Labute approximate surface area is 150 Å². The van der Waals surface area contributed by atoms with Crippen LogP contribution in [0.4, 0.5) is 0 Å². The molecule has 1 unspecified atom stereocenters. The molecule has 0 radical (unpaired) electrons. The van der Waals surface area contributed by atoms with Crippen LogP contribution in [-0.2, 0) is 9.59 Å². The standard InChI is InChI=1S/C18H32N4O3/c23-17(16(18(24)25)13-14-1-5-19-6-2-14)22-11-9-21(10-12-22)15-3-7-20-8-4-15/h14-16,19-20H,1-13H2,(H,24,25). The first kappa shape index (κ1) is 18.6. The molecular weight excluding hydrogens is 320 g/mol. The van der Waals surface area contributed by atoms with Gasteiger partial charge in [-0.05, 0) is 64.2 Å². The smallest absolute Gasteiger partial charge is 0.316 e. The van der Waals surface area contributed by atoms with Gasteiger partial charge in [0, 0.05) is 32.2 Å². The van der Waals surface area contributed by atoms with Crippen molar-refractivity contribution in [2.75, 3.05) is 52.4 Å². The van der Waals surface area contributed by atoms with Gasteiger partial charge in [-0.1, -0.05) is 0 Å². The van der Waals surface area contributed by atoms with Crippen molar-refractivity contribution >= 4 is 11.9 Å². The zero-order valence-corrected chi connectivity index (χ0v) is 15.1. The monoisotopic (exact) mass is 352 g/mol. The minimum atomic E-state index is -0.954. The Hall–Kier alpha value is -1.18. The number of carbonyl (C=O) groups excluding carboxylic acids is 1. The summed E-state index contributed by atoms with van der Waals surface area (Å²) in [7, 11) is 0. The van der Waals surface area contributed by atoms with E-state index in [1.165, 1.54) is 12.8 Å². The average Bonchev–Trinajstić information content (AvgIpc) is 2.67. The molecule has 3 rings (SSSR count). The Morgan fingerprint density at radius 2 is 1.48 bits per heavy atom. The Morgan fingerprint density at radius 1 is 0.920 bits per heavy atom. The highest BCUT2D eigenvalue weighted by atomic mass is 16.4. The predicted octanol–water partition coefficient (Wildman–Crippen LogP) is -0.0269. The average molecular weight is 352 g/mol. The van der Waals surface area contributed by atoms with E-state index in [1.54, 1.807) is 4.90 Å². The molecule has 1 amide bonds. The van der Waals surface area contributed by atoms with E-state index in [-0.39, 0.29) is 5.91 Å². The number of carbonyl (C=O) groups is 2. The molecule has 3 aliphatic rings. The van der Waals surface area contributed by atoms with Crippen molar-refractivity contribution in [1.82, 2.24) is 20.4 Å². The molecule has 1 atom stereocenters. The minimum Gasteiger partial charge on any atom is -0.481 e. The van der Waals surface area contributed by atoms with Gasteiger partial charge in [-0.15, -0.1) is 0 Å². The van der Waals surface area contributed by atoms with E-state index in [0.29, 0.717) is 31.5 Å². The molecule has 3 heterocycles. The van der Waals surface area contributed by atoms with E-state index < -0.39 is 11.9 Å². The highest BCUT2D eigenvalue weighted by Crippen LogP contribution is 2.24. The summed E-state index contributed by atoms with van der Waals surface area (Å²) in [5, 5.41) is 16.3. The summed E-state index contributed by atoms with van der Waals surface area (Å²) in [5.41, 5.74) is 0. The summed E-state index contributed by atoms with van der Waals surface area (Å²) in [6.45, 7) is 7.08. The fraction of sp³-hybridized carbons (Fsp3) is 0.889. The number of hydrogen-bond acceptors (Lipinski definition) is 5. The number of carboxylic acids is 1. The largest absolute Gasteiger partial charge is 0.481 e. The van der Waals surface area contributed by atoms with Crippen LogP contribution in [0.15, 0.2) is 0 Å². The predicted molar refractivity (Wildman–Crippen MR) is 95.4 cm³/mol.